The van der Waals surface area contributed by atoms with Gasteiger partial charge in [0.1, 0.15) is 16.8 Å². The molecule has 0 saturated carbocycles. The summed E-state index contributed by atoms with van der Waals surface area (Å²) in [5, 5.41) is 23.3. The van der Waals surface area contributed by atoms with Gasteiger partial charge in [-0.15, -0.1) is 20.2 Å². The summed E-state index contributed by atoms with van der Waals surface area (Å²) >= 11 is 0. The van der Waals surface area contributed by atoms with Crippen LogP contribution in [0.1, 0.15) is 91.8 Å². The molecule has 61 heavy (non-hydrogen) atoms. The second-order valence-corrected chi connectivity index (χ2v) is 17.8. The molecule has 3 heterocycles. The van der Waals surface area contributed by atoms with Crippen molar-refractivity contribution in [3.05, 3.63) is 71.3 Å². The Morgan fingerprint density at radius 3 is 1.57 bits per heavy atom. The van der Waals surface area contributed by atoms with Gasteiger partial charge in [0.15, 0.2) is 11.6 Å². The van der Waals surface area contributed by atoms with E-state index in [1.54, 1.807) is 72.1 Å². The van der Waals surface area contributed by atoms with E-state index in [0.29, 0.717) is 44.8 Å². The molecule has 0 atom stereocenters. The monoisotopic (exact) mass is 839 g/mol. The van der Waals surface area contributed by atoms with E-state index in [-0.39, 0.29) is 11.9 Å². The molecule has 3 aromatic rings. The van der Waals surface area contributed by atoms with Crippen molar-refractivity contribution >= 4 is 47.4 Å². The van der Waals surface area contributed by atoms with Crippen LogP contribution in [0.2, 0.25) is 0 Å². The maximum absolute atomic E-state index is 12.7. The highest BCUT2D eigenvalue weighted by Crippen LogP contribution is 2.31. The van der Waals surface area contributed by atoms with Gasteiger partial charge in [0, 0.05) is 44.4 Å². The number of carbonyl (C=O) groups excluding carboxylic acids is 3. The molecular weight excluding hydrogens is 783 g/mol. The lowest BCUT2D eigenvalue weighted by Gasteiger charge is -2.30. The van der Waals surface area contributed by atoms with Gasteiger partial charge in [0.25, 0.3) is 0 Å². The number of nitrogens with zero attached hydrogens (tertiary/aromatic N) is 7. The third kappa shape index (κ3) is 13.0. The van der Waals surface area contributed by atoms with Crippen LogP contribution in [-0.4, -0.2) is 109 Å². The van der Waals surface area contributed by atoms with Crippen molar-refractivity contribution in [1.82, 2.24) is 35.2 Å². The first-order valence-electron chi connectivity index (χ1n) is 20.1. The molecule has 0 unspecified atom stereocenters. The number of aliphatic imine (C=N–C) groups is 2. The quantitative estimate of drug-likeness (QED) is 0.130. The van der Waals surface area contributed by atoms with Crippen LogP contribution in [0, 0.1) is 6.92 Å². The molecule has 0 radical (unpaired) electrons. The highest BCUT2D eigenvalue weighted by molar-refractivity contribution is 6.00. The molecular formula is C44H57N9O8. The van der Waals surface area contributed by atoms with Gasteiger partial charge >= 0.3 is 24.4 Å². The molecule has 2 aliphatic rings. The third-order valence-electron chi connectivity index (χ3n) is 9.26. The molecule has 3 N–H and O–H groups in total. The molecule has 17 heteroatoms. The van der Waals surface area contributed by atoms with Gasteiger partial charge in [0.05, 0.1) is 0 Å². The van der Waals surface area contributed by atoms with Crippen molar-refractivity contribution in [2.75, 3.05) is 26.2 Å². The number of carboxylic acid groups (broad SMARTS) is 1. The highest BCUT2D eigenvalue weighted by atomic mass is 16.6. The molecule has 0 saturated heterocycles. The summed E-state index contributed by atoms with van der Waals surface area (Å²) in [5.74, 6) is 1.40. The van der Waals surface area contributed by atoms with E-state index in [4.69, 9.17) is 14.2 Å². The average Bonchev–Trinajstić information content (AvgIpc) is 3.52. The molecule has 0 aliphatic carbocycles. The number of nitrogens with one attached hydrogen (secondary N) is 2. The zero-order valence-corrected chi connectivity index (χ0v) is 36.9. The Morgan fingerprint density at radius 2 is 1.11 bits per heavy atom. The van der Waals surface area contributed by atoms with Gasteiger partial charge in [-0.05, 0) is 110 Å². The van der Waals surface area contributed by atoms with Crippen LogP contribution >= 0.6 is 0 Å². The zero-order valence-electron chi connectivity index (χ0n) is 36.9. The Balaban J connectivity index is 1.27. The normalized spacial score (nSPS) is 15.4. The van der Waals surface area contributed by atoms with Crippen molar-refractivity contribution < 1.29 is 38.5 Å². The molecule has 0 spiro atoms. The number of hydrogen-bond acceptors (Lipinski definition) is 9. The largest absolute Gasteiger partial charge is 0.465 e. The highest BCUT2D eigenvalue weighted by Gasteiger charge is 2.26. The van der Waals surface area contributed by atoms with Crippen molar-refractivity contribution in [2.24, 2.45) is 17.0 Å². The number of ether oxygens (including phenoxy) is 3. The predicted molar refractivity (Wildman–Crippen MR) is 233 cm³/mol. The molecule has 0 fully saturated rings. The van der Waals surface area contributed by atoms with Crippen molar-refractivity contribution in [3.8, 4) is 22.8 Å². The smallest absolute Gasteiger partial charge is 0.437 e. The first-order chi connectivity index (χ1) is 28.4. The minimum Gasteiger partial charge on any atom is -0.465 e. The molecule has 2 aliphatic heterocycles. The lowest BCUT2D eigenvalue weighted by molar-refractivity contribution is 0.0550. The molecule has 1 aromatic heterocycles. The average molecular weight is 840 g/mol. The Morgan fingerprint density at radius 1 is 0.656 bits per heavy atom. The van der Waals surface area contributed by atoms with E-state index in [1.165, 1.54) is 0 Å². The summed E-state index contributed by atoms with van der Waals surface area (Å²) in [7, 11) is 1.94. The zero-order chi connectivity index (χ0) is 44.9. The second kappa shape index (κ2) is 18.4. The number of hydrogen-bond donors (Lipinski definition) is 3. The van der Waals surface area contributed by atoms with E-state index < -0.39 is 41.2 Å². The van der Waals surface area contributed by atoms with E-state index in [9.17, 15) is 24.3 Å². The third-order valence-corrected chi connectivity index (χ3v) is 9.26. The topological polar surface area (TPSA) is 202 Å². The van der Waals surface area contributed by atoms with E-state index in [1.807, 2.05) is 54.9 Å². The Hall–Kier alpha value is -6.52. The van der Waals surface area contributed by atoms with Gasteiger partial charge in [0.2, 0.25) is 11.9 Å². The summed E-state index contributed by atoms with van der Waals surface area (Å²) in [6.07, 6.45) is 1.54. The maximum atomic E-state index is 12.7. The number of rotatable bonds is 4. The van der Waals surface area contributed by atoms with Crippen LogP contribution in [0.5, 0.6) is 0 Å². The Labute approximate surface area is 356 Å². The lowest BCUT2D eigenvalue weighted by atomic mass is 9.95. The fourth-order valence-corrected chi connectivity index (χ4v) is 6.60. The number of alkyl carbamates (subject to hydrolysis) is 1. The van der Waals surface area contributed by atoms with Crippen LogP contribution in [0.15, 0.2) is 64.6 Å². The standard InChI is InChI=1S/C44H57N9O8/c1-27-26-32(30-20-24-53(25-21-30)37(47-40(57)60-43(5,6)7)48-41(58)61-44(8,9)10)16-17-33(27)35-50-49-34(51(35)11)31-14-12-28(13-15-31)29-18-22-52(23-19-29)36(45-38(54)55)46-39(56)59-42(2,3)4/h12-18,20,26H,19,21-25H2,1-11H3,(H,54,55)(H,45,46,56)(H,47,48,57,58). The summed E-state index contributed by atoms with van der Waals surface area (Å²) in [5.41, 5.74) is 4.85. The van der Waals surface area contributed by atoms with Crippen molar-refractivity contribution in [3.63, 3.8) is 0 Å². The Kier molecular flexibility index (Phi) is 13.7. The summed E-state index contributed by atoms with van der Waals surface area (Å²) in [6.45, 7) is 19.3. The first-order valence-corrected chi connectivity index (χ1v) is 20.1. The fraction of sp³-hybridized carbons (Fsp3) is 0.455. The minimum absolute atomic E-state index is 0.0607. The lowest BCUT2D eigenvalue weighted by Crippen LogP contribution is -2.48. The number of aryl methyl sites for hydroxylation is 1. The van der Waals surface area contributed by atoms with Crippen LogP contribution in [0.4, 0.5) is 19.2 Å². The summed E-state index contributed by atoms with van der Waals surface area (Å²) in [4.78, 5) is 60.5. The summed E-state index contributed by atoms with van der Waals surface area (Å²) in [6, 6.07) is 14.3. The van der Waals surface area contributed by atoms with Gasteiger partial charge < -0.3 is 33.7 Å². The molecule has 0 bridgehead atoms. The van der Waals surface area contributed by atoms with Crippen LogP contribution < -0.4 is 10.6 Å². The van der Waals surface area contributed by atoms with Crippen LogP contribution in [0.25, 0.3) is 33.9 Å². The van der Waals surface area contributed by atoms with E-state index in [2.05, 4.69) is 49.0 Å². The fourth-order valence-electron chi connectivity index (χ4n) is 6.60. The predicted octanol–water partition coefficient (Wildman–Crippen LogP) is 8.01. The van der Waals surface area contributed by atoms with Gasteiger partial charge in [-0.2, -0.15) is 0 Å². The molecule has 5 rings (SSSR count). The maximum Gasteiger partial charge on any atom is 0.437 e. The molecule has 17 nitrogen and oxygen atoms in total. The van der Waals surface area contributed by atoms with E-state index in [0.717, 1.165) is 44.8 Å². The second-order valence-electron chi connectivity index (χ2n) is 17.8. The number of amides is 4. The number of aromatic nitrogens is 3. The number of carbonyl (C=O) groups is 4. The SMILES string of the molecule is Cc1cc(C2=CCN(/C(=N\C(=O)OC(C)(C)C)NC(=O)OC(C)(C)C)CC2)ccc1-c1nnc(-c2ccc(C3=CCN(/C(=N\C(=O)OC(C)(C)C)NC(=O)O)CC3)cc2)n1C. The van der Waals surface area contributed by atoms with Gasteiger partial charge in [-0.1, -0.05) is 54.6 Å². The van der Waals surface area contributed by atoms with Crippen LogP contribution in [0.3, 0.4) is 0 Å². The van der Waals surface area contributed by atoms with Gasteiger partial charge in [-0.3, -0.25) is 10.6 Å². The number of guanidine groups is 2. The first kappa shape index (κ1) is 45.6. The molecule has 4 amide bonds. The van der Waals surface area contributed by atoms with Crippen LogP contribution in [-0.2, 0) is 21.3 Å². The summed E-state index contributed by atoms with van der Waals surface area (Å²) < 4.78 is 18.0. The van der Waals surface area contributed by atoms with Crippen molar-refractivity contribution in [1.29, 1.82) is 0 Å². The molecule has 326 valence electrons. The van der Waals surface area contributed by atoms with Gasteiger partial charge in [-0.25, -0.2) is 19.2 Å². The number of benzene rings is 2. The van der Waals surface area contributed by atoms with Crippen molar-refractivity contribution in [2.45, 2.75) is 98.9 Å². The molecule has 2 aromatic carbocycles. The van der Waals surface area contributed by atoms with E-state index >= 15 is 0 Å². The Bertz CT molecular complexity index is 2270. The minimum atomic E-state index is -1.32.